The van der Waals surface area contributed by atoms with Gasteiger partial charge in [-0.1, -0.05) is 24.3 Å². The van der Waals surface area contributed by atoms with E-state index in [9.17, 15) is 13.6 Å². The van der Waals surface area contributed by atoms with E-state index in [0.717, 1.165) is 6.42 Å². The molecule has 3 rings (SSSR count). The number of carbonyl (C=O) groups excluding carboxylic acids is 1. The van der Waals surface area contributed by atoms with E-state index in [1.54, 1.807) is 36.4 Å². The quantitative estimate of drug-likeness (QED) is 0.698. The Labute approximate surface area is 134 Å². The van der Waals surface area contributed by atoms with Crippen molar-refractivity contribution in [3.63, 3.8) is 0 Å². The molecule has 0 aliphatic heterocycles. The number of halogens is 2. The molecule has 0 N–H and O–H groups in total. The first kappa shape index (κ1) is 15.3. The molecule has 1 nitrogen and oxygen atoms in total. The number of allylic oxidation sites excluding steroid dienone is 2. The normalized spacial score (nSPS) is 18.6. The number of ketones is 1. The summed E-state index contributed by atoms with van der Waals surface area (Å²) in [6, 6.07) is 12.4. The van der Waals surface area contributed by atoms with E-state index < -0.39 is 0 Å². The van der Waals surface area contributed by atoms with Crippen LogP contribution in [0.3, 0.4) is 0 Å². The SMILES string of the molecule is O=C1/C(=C\c2cccc(F)c2)CCC/C1=C/c1cccc(F)c1. The first-order chi connectivity index (χ1) is 11.1. The van der Waals surface area contributed by atoms with Gasteiger partial charge >= 0.3 is 0 Å². The Morgan fingerprint density at radius 2 is 1.26 bits per heavy atom. The average Bonchev–Trinajstić information content (AvgIpc) is 2.51. The average molecular weight is 310 g/mol. The van der Waals surface area contributed by atoms with Gasteiger partial charge in [0, 0.05) is 11.1 Å². The van der Waals surface area contributed by atoms with E-state index >= 15 is 0 Å². The van der Waals surface area contributed by atoms with E-state index in [1.165, 1.54) is 24.3 Å². The van der Waals surface area contributed by atoms with Crippen LogP contribution in [-0.4, -0.2) is 5.78 Å². The summed E-state index contributed by atoms with van der Waals surface area (Å²) >= 11 is 0. The first-order valence-corrected chi connectivity index (χ1v) is 7.59. The minimum Gasteiger partial charge on any atom is -0.289 e. The van der Waals surface area contributed by atoms with Crippen LogP contribution in [0.2, 0.25) is 0 Å². The molecule has 1 aliphatic carbocycles. The highest BCUT2D eigenvalue weighted by Gasteiger charge is 2.20. The predicted molar refractivity (Wildman–Crippen MR) is 87.6 cm³/mol. The summed E-state index contributed by atoms with van der Waals surface area (Å²) < 4.78 is 26.5. The molecule has 1 aliphatic rings. The molecule has 1 fully saturated rings. The monoisotopic (exact) mass is 310 g/mol. The lowest BCUT2D eigenvalue weighted by molar-refractivity contribution is -0.112. The molecule has 0 atom stereocenters. The van der Waals surface area contributed by atoms with Crippen LogP contribution in [0.5, 0.6) is 0 Å². The molecule has 23 heavy (non-hydrogen) atoms. The fourth-order valence-electron chi connectivity index (χ4n) is 2.77. The van der Waals surface area contributed by atoms with Gasteiger partial charge in [0.1, 0.15) is 11.6 Å². The summed E-state index contributed by atoms with van der Waals surface area (Å²) in [5, 5.41) is 0. The van der Waals surface area contributed by atoms with E-state index in [1.807, 2.05) is 0 Å². The topological polar surface area (TPSA) is 17.1 Å². The molecule has 0 spiro atoms. The zero-order valence-corrected chi connectivity index (χ0v) is 12.6. The third-order valence-corrected chi connectivity index (χ3v) is 3.85. The summed E-state index contributed by atoms with van der Waals surface area (Å²) in [6.07, 6.45) is 5.69. The lowest BCUT2D eigenvalue weighted by Gasteiger charge is -2.16. The number of benzene rings is 2. The van der Waals surface area contributed by atoms with Gasteiger partial charge in [0.15, 0.2) is 5.78 Å². The van der Waals surface area contributed by atoms with Crippen molar-refractivity contribution in [1.29, 1.82) is 0 Å². The molecule has 0 amide bonds. The largest absolute Gasteiger partial charge is 0.289 e. The highest BCUT2D eigenvalue weighted by Crippen LogP contribution is 2.28. The van der Waals surface area contributed by atoms with Crippen molar-refractivity contribution < 1.29 is 13.6 Å². The van der Waals surface area contributed by atoms with Crippen molar-refractivity contribution in [2.24, 2.45) is 0 Å². The fraction of sp³-hybridized carbons (Fsp3) is 0.150. The van der Waals surface area contributed by atoms with Crippen molar-refractivity contribution >= 4 is 17.9 Å². The van der Waals surface area contributed by atoms with Gasteiger partial charge in [-0.15, -0.1) is 0 Å². The minimum absolute atomic E-state index is 0.0372. The molecule has 0 heterocycles. The Bertz CT molecular complexity index is 737. The van der Waals surface area contributed by atoms with Crippen molar-refractivity contribution in [1.82, 2.24) is 0 Å². The van der Waals surface area contributed by atoms with Crippen LogP contribution in [0.1, 0.15) is 30.4 Å². The van der Waals surface area contributed by atoms with Crippen LogP contribution in [0.25, 0.3) is 12.2 Å². The number of hydrogen-bond donors (Lipinski definition) is 0. The van der Waals surface area contributed by atoms with Crippen LogP contribution < -0.4 is 0 Å². The maximum atomic E-state index is 13.3. The number of carbonyl (C=O) groups is 1. The molecule has 2 aromatic rings. The molecule has 0 radical (unpaired) electrons. The lowest BCUT2D eigenvalue weighted by Crippen LogP contribution is -2.12. The van der Waals surface area contributed by atoms with Gasteiger partial charge in [0.25, 0.3) is 0 Å². The van der Waals surface area contributed by atoms with Gasteiger partial charge in [-0.3, -0.25) is 4.79 Å². The van der Waals surface area contributed by atoms with Crippen molar-refractivity contribution in [2.45, 2.75) is 19.3 Å². The first-order valence-electron chi connectivity index (χ1n) is 7.59. The zero-order chi connectivity index (χ0) is 16.2. The minimum atomic E-state index is -0.321. The van der Waals surface area contributed by atoms with E-state index in [2.05, 4.69) is 0 Å². The third-order valence-electron chi connectivity index (χ3n) is 3.85. The molecule has 3 heteroatoms. The van der Waals surface area contributed by atoms with E-state index in [-0.39, 0.29) is 17.4 Å². The van der Waals surface area contributed by atoms with E-state index in [0.29, 0.717) is 35.1 Å². The molecular weight excluding hydrogens is 294 g/mol. The third kappa shape index (κ3) is 3.81. The summed E-state index contributed by atoms with van der Waals surface area (Å²) in [5.41, 5.74) is 2.70. The molecule has 0 bridgehead atoms. The summed E-state index contributed by atoms with van der Waals surface area (Å²) in [4.78, 5) is 12.6. The maximum absolute atomic E-state index is 13.3. The molecule has 116 valence electrons. The Hall–Kier alpha value is -2.55. The molecular formula is C20H16F2O. The number of Topliss-reactive ketones (excluding diaryl/α,β-unsaturated/α-hetero) is 1. The molecule has 0 unspecified atom stereocenters. The Kier molecular flexibility index (Phi) is 4.47. The van der Waals surface area contributed by atoms with Gasteiger partial charge in [0.2, 0.25) is 0 Å². The highest BCUT2D eigenvalue weighted by molar-refractivity contribution is 6.13. The highest BCUT2D eigenvalue weighted by atomic mass is 19.1. The molecule has 0 saturated heterocycles. The second-order valence-electron chi connectivity index (χ2n) is 5.63. The molecule has 1 saturated carbocycles. The van der Waals surface area contributed by atoms with Crippen molar-refractivity contribution in [2.75, 3.05) is 0 Å². The Morgan fingerprint density at radius 3 is 1.70 bits per heavy atom. The summed E-state index contributed by atoms with van der Waals surface area (Å²) in [6.45, 7) is 0. The standard InChI is InChI=1S/C20H16F2O/c21-18-8-1-4-14(12-18)10-16-6-3-7-17(20(16)23)11-15-5-2-9-19(22)13-15/h1-2,4-5,8-13H,3,6-7H2/b16-10-,17-11-. The van der Waals surface area contributed by atoms with Crippen LogP contribution in [0, 0.1) is 11.6 Å². The van der Waals surface area contributed by atoms with Gasteiger partial charge in [0.05, 0.1) is 0 Å². The number of rotatable bonds is 2. The fourth-order valence-corrected chi connectivity index (χ4v) is 2.77. The maximum Gasteiger partial charge on any atom is 0.185 e. The molecule has 0 aromatic heterocycles. The summed E-state index contributed by atoms with van der Waals surface area (Å²) in [5.74, 6) is -0.680. The Balaban J connectivity index is 1.89. The van der Waals surface area contributed by atoms with Crippen molar-refractivity contribution in [3.8, 4) is 0 Å². The summed E-state index contributed by atoms with van der Waals surface area (Å²) in [7, 11) is 0. The smallest absolute Gasteiger partial charge is 0.185 e. The van der Waals surface area contributed by atoms with Gasteiger partial charge in [-0.05, 0) is 66.8 Å². The predicted octanol–water partition coefficient (Wildman–Crippen LogP) is 5.18. The zero-order valence-electron chi connectivity index (χ0n) is 12.6. The van der Waals surface area contributed by atoms with Crippen LogP contribution in [0.4, 0.5) is 8.78 Å². The second-order valence-corrected chi connectivity index (χ2v) is 5.63. The van der Waals surface area contributed by atoms with Crippen LogP contribution in [-0.2, 0) is 4.79 Å². The van der Waals surface area contributed by atoms with Crippen molar-refractivity contribution in [3.05, 3.63) is 82.4 Å². The van der Waals surface area contributed by atoms with Gasteiger partial charge < -0.3 is 0 Å². The van der Waals surface area contributed by atoms with Crippen LogP contribution >= 0.6 is 0 Å². The Morgan fingerprint density at radius 1 is 0.783 bits per heavy atom. The lowest BCUT2D eigenvalue weighted by atomic mass is 9.87. The van der Waals surface area contributed by atoms with Crippen LogP contribution in [0.15, 0.2) is 59.7 Å². The van der Waals surface area contributed by atoms with E-state index in [4.69, 9.17) is 0 Å². The number of hydrogen-bond acceptors (Lipinski definition) is 1. The molecule has 2 aromatic carbocycles. The van der Waals surface area contributed by atoms with Gasteiger partial charge in [-0.25, -0.2) is 8.78 Å². The van der Waals surface area contributed by atoms with Gasteiger partial charge in [-0.2, -0.15) is 0 Å². The second kappa shape index (κ2) is 6.69.